The molecule has 1 aliphatic heterocycles. The molecule has 1 fully saturated rings. The van der Waals surface area contributed by atoms with Crippen molar-refractivity contribution in [2.75, 3.05) is 6.61 Å². The van der Waals surface area contributed by atoms with Gasteiger partial charge in [-0.05, 0) is 45.9 Å². The molecule has 3 N–H and O–H groups in total. The van der Waals surface area contributed by atoms with E-state index in [2.05, 4.69) is 10.1 Å². The van der Waals surface area contributed by atoms with Crippen LogP contribution < -0.4 is 15.3 Å². The normalized spacial score (nSPS) is 28.0. The number of nitrogens with zero attached hydrogens (tertiary/aromatic N) is 1. The summed E-state index contributed by atoms with van der Waals surface area (Å²) in [5.41, 5.74) is -3.74. The summed E-state index contributed by atoms with van der Waals surface area (Å²) >= 11 is 4.84. The molecule has 2 heterocycles. The second-order valence-electron chi connectivity index (χ2n) is 8.84. The van der Waals surface area contributed by atoms with Crippen LogP contribution >= 0.6 is 20.0 Å². The van der Waals surface area contributed by atoms with E-state index in [0.717, 1.165) is 13.1 Å². The Bertz CT molecular complexity index is 1270. The van der Waals surface area contributed by atoms with Crippen molar-refractivity contribution in [2.24, 2.45) is 0 Å². The van der Waals surface area contributed by atoms with Crippen LogP contribution in [0.15, 0.2) is 47.4 Å². The summed E-state index contributed by atoms with van der Waals surface area (Å²) in [6.07, 6.45) is -3.81. The van der Waals surface area contributed by atoms with Crippen LogP contribution in [0.25, 0.3) is 0 Å². The van der Waals surface area contributed by atoms with E-state index in [9.17, 15) is 19.3 Å². The second-order valence-corrected chi connectivity index (χ2v) is 11.0. The van der Waals surface area contributed by atoms with Gasteiger partial charge in [-0.15, -0.1) is 0 Å². The number of carbonyl (C=O) groups is 1. The highest BCUT2D eigenvalue weighted by Gasteiger charge is 2.65. The van der Waals surface area contributed by atoms with Crippen molar-refractivity contribution in [1.82, 2.24) is 14.6 Å². The second kappa shape index (κ2) is 11.1. The average molecular weight is 564 g/mol. The SMILES string of the molecule is CC(C)OC(=O)[C@H](C)NP(=O)(OC[C@@]1(F)O[C@@H](n2ccc(=S)[nH]c2=O)[C@](C)(F)C1O)Oc1ccccc1. The number of hydrogen-bond donors (Lipinski definition) is 3. The fourth-order valence-electron chi connectivity index (χ4n) is 3.48. The molecule has 6 atom stereocenters. The molecule has 1 aromatic carbocycles. The lowest BCUT2D eigenvalue weighted by molar-refractivity contribution is -0.204. The number of halogens is 2. The number of aromatic amines is 1. The van der Waals surface area contributed by atoms with E-state index in [4.69, 9.17) is 30.7 Å². The monoisotopic (exact) mass is 563 g/mol. The molecule has 0 spiro atoms. The van der Waals surface area contributed by atoms with Crippen molar-refractivity contribution in [1.29, 1.82) is 0 Å². The van der Waals surface area contributed by atoms with Crippen LogP contribution in [-0.4, -0.2) is 57.0 Å². The third kappa shape index (κ3) is 6.70. The summed E-state index contributed by atoms with van der Waals surface area (Å²) in [6, 6.07) is 7.68. The summed E-state index contributed by atoms with van der Waals surface area (Å²) in [5.74, 6) is -4.03. The highest BCUT2D eigenvalue weighted by Crippen LogP contribution is 2.51. The molecule has 3 rings (SSSR count). The van der Waals surface area contributed by atoms with Crippen LogP contribution in [0.4, 0.5) is 8.78 Å². The van der Waals surface area contributed by atoms with Gasteiger partial charge < -0.3 is 19.1 Å². The van der Waals surface area contributed by atoms with Gasteiger partial charge in [0, 0.05) is 6.20 Å². The number of carbonyl (C=O) groups excluding carboxylic acids is 1. The predicted molar refractivity (Wildman–Crippen MR) is 130 cm³/mol. The quantitative estimate of drug-likeness (QED) is 0.224. The molecule has 11 nitrogen and oxygen atoms in total. The van der Waals surface area contributed by atoms with Crippen molar-refractivity contribution in [2.45, 2.75) is 63.7 Å². The van der Waals surface area contributed by atoms with E-state index >= 15 is 8.78 Å². The van der Waals surface area contributed by atoms with Crippen molar-refractivity contribution < 1.29 is 41.8 Å². The molecule has 0 saturated carbocycles. The highest BCUT2D eigenvalue weighted by molar-refractivity contribution is 7.71. The lowest BCUT2D eigenvalue weighted by atomic mass is 9.97. The number of nitrogens with one attached hydrogen (secondary N) is 2. The maximum Gasteiger partial charge on any atom is 0.459 e. The fourth-order valence-corrected chi connectivity index (χ4v) is 5.14. The number of hydrogen-bond acceptors (Lipinski definition) is 9. The number of esters is 1. The molecule has 0 aliphatic carbocycles. The lowest BCUT2D eigenvalue weighted by Crippen LogP contribution is -2.47. The molecule has 37 heavy (non-hydrogen) atoms. The third-order valence-electron chi connectivity index (χ3n) is 5.29. The average Bonchev–Trinajstić information content (AvgIpc) is 2.98. The number of aromatic nitrogens is 2. The topological polar surface area (TPSA) is 141 Å². The molecule has 1 aliphatic rings. The van der Waals surface area contributed by atoms with Crippen LogP contribution in [0.5, 0.6) is 5.75 Å². The van der Waals surface area contributed by atoms with Gasteiger partial charge in [-0.1, -0.05) is 30.4 Å². The van der Waals surface area contributed by atoms with Gasteiger partial charge in [-0.25, -0.2) is 18.1 Å². The van der Waals surface area contributed by atoms with Gasteiger partial charge in [0.1, 0.15) is 23.0 Å². The maximum absolute atomic E-state index is 15.8. The number of alkyl halides is 2. The van der Waals surface area contributed by atoms with Gasteiger partial charge in [0.25, 0.3) is 5.85 Å². The Kier molecular flexibility index (Phi) is 8.72. The molecular formula is C22H28F2N3O8PS. The first-order valence-corrected chi connectivity index (χ1v) is 13.1. The molecule has 204 valence electrons. The summed E-state index contributed by atoms with van der Waals surface area (Å²) in [4.78, 5) is 26.8. The number of aliphatic hydroxyl groups is 1. The first kappa shape index (κ1) is 29.1. The summed E-state index contributed by atoms with van der Waals surface area (Å²) in [6.45, 7) is 4.08. The summed E-state index contributed by atoms with van der Waals surface area (Å²) < 4.78 is 66.4. The van der Waals surface area contributed by atoms with Gasteiger partial charge >= 0.3 is 19.4 Å². The summed E-state index contributed by atoms with van der Waals surface area (Å²) in [5, 5.41) is 12.8. The number of H-pyrrole nitrogens is 1. The summed E-state index contributed by atoms with van der Waals surface area (Å²) in [7, 11) is -4.56. The Balaban J connectivity index is 1.86. The minimum atomic E-state index is -4.56. The van der Waals surface area contributed by atoms with Gasteiger partial charge in [0.05, 0.1) is 6.10 Å². The number of benzene rings is 1. The maximum atomic E-state index is 15.8. The molecule has 0 amide bonds. The molecule has 15 heteroatoms. The molecule has 1 aromatic heterocycles. The van der Waals surface area contributed by atoms with Gasteiger partial charge in [-0.3, -0.25) is 18.9 Å². The molecule has 1 saturated heterocycles. The van der Waals surface area contributed by atoms with E-state index in [1.807, 2.05) is 0 Å². The third-order valence-corrected chi connectivity index (χ3v) is 7.16. The van der Waals surface area contributed by atoms with Crippen LogP contribution in [0.3, 0.4) is 0 Å². The van der Waals surface area contributed by atoms with E-state index in [0.29, 0.717) is 4.57 Å². The van der Waals surface area contributed by atoms with Crippen LogP contribution in [0.1, 0.15) is 33.9 Å². The first-order chi connectivity index (χ1) is 17.2. The first-order valence-electron chi connectivity index (χ1n) is 11.2. The van der Waals surface area contributed by atoms with Crippen LogP contribution in [0.2, 0.25) is 0 Å². The molecule has 2 unspecified atom stereocenters. The highest BCUT2D eigenvalue weighted by atomic mass is 32.1. The number of rotatable bonds is 10. The fraction of sp³-hybridized carbons (Fsp3) is 0.500. The van der Waals surface area contributed by atoms with Gasteiger partial charge in [0.2, 0.25) is 0 Å². The molecule has 2 aromatic rings. The van der Waals surface area contributed by atoms with Crippen LogP contribution in [-0.2, 0) is 23.4 Å². The minimum absolute atomic E-state index is 0.0443. The molecule has 0 bridgehead atoms. The lowest BCUT2D eigenvalue weighted by Gasteiger charge is -2.28. The van der Waals surface area contributed by atoms with Gasteiger partial charge in [0.15, 0.2) is 18.0 Å². The van der Waals surface area contributed by atoms with E-state index in [1.54, 1.807) is 32.0 Å². The van der Waals surface area contributed by atoms with Crippen molar-refractivity contribution in [3.8, 4) is 5.75 Å². The number of ether oxygens (including phenoxy) is 2. The zero-order chi connectivity index (χ0) is 27.6. The number of para-hydroxylation sites is 1. The number of aliphatic hydroxyl groups excluding tert-OH is 1. The van der Waals surface area contributed by atoms with E-state index in [-0.39, 0.29) is 10.4 Å². The largest absolute Gasteiger partial charge is 0.462 e. The van der Waals surface area contributed by atoms with Crippen molar-refractivity contribution in [3.63, 3.8) is 0 Å². The smallest absolute Gasteiger partial charge is 0.459 e. The molecular weight excluding hydrogens is 535 g/mol. The predicted octanol–water partition coefficient (Wildman–Crippen LogP) is 3.32. The van der Waals surface area contributed by atoms with Crippen molar-refractivity contribution in [3.05, 3.63) is 57.7 Å². The van der Waals surface area contributed by atoms with E-state index in [1.165, 1.54) is 25.1 Å². The van der Waals surface area contributed by atoms with E-state index < -0.39 is 62.0 Å². The van der Waals surface area contributed by atoms with Gasteiger partial charge in [-0.2, -0.15) is 5.09 Å². The van der Waals surface area contributed by atoms with Crippen molar-refractivity contribution >= 4 is 25.9 Å². The molecule has 0 radical (unpaired) electrons. The zero-order valence-corrected chi connectivity index (χ0v) is 22.1. The Morgan fingerprint density at radius 1 is 1.30 bits per heavy atom. The Morgan fingerprint density at radius 2 is 1.95 bits per heavy atom. The Morgan fingerprint density at radius 3 is 2.54 bits per heavy atom. The Hall–Kier alpha value is -2.48. The Labute approximate surface area is 216 Å². The zero-order valence-electron chi connectivity index (χ0n) is 20.4. The van der Waals surface area contributed by atoms with Crippen LogP contribution in [0, 0.1) is 4.64 Å². The minimum Gasteiger partial charge on any atom is -0.462 e. The standard InChI is InChI=1S/C22H28F2N3O8PS/c1-13(2)33-17(28)14(3)26-36(31,35-15-8-6-5-7-9-15)32-12-22(24)18(29)21(4,23)19(34-22)27-11-10-16(37)25-20(27)30/h5-11,13-14,18-19,29H,12H2,1-4H3,(H,26,31)(H,25,30,37)/t14-,18?,19+,21+,22+,36?/m0/s1.